The predicted octanol–water partition coefficient (Wildman–Crippen LogP) is 4.94. The molecule has 0 radical (unpaired) electrons. The first-order valence-corrected chi connectivity index (χ1v) is 8.99. The van der Waals surface area contributed by atoms with E-state index in [1.165, 1.54) is 14.2 Å². The second kappa shape index (κ2) is 7.28. The van der Waals surface area contributed by atoms with Crippen LogP contribution in [0.3, 0.4) is 0 Å². The van der Waals surface area contributed by atoms with E-state index in [9.17, 15) is 14.7 Å². The molecule has 29 heavy (non-hydrogen) atoms. The van der Waals surface area contributed by atoms with Crippen molar-refractivity contribution in [2.24, 2.45) is 0 Å². The number of carbonyl (C=O) groups excluding carboxylic acids is 2. The number of esters is 2. The molecule has 144 valence electrons. The molecule has 0 unspecified atom stereocenters. The fourth-order valence-corrected chi connectivity index (χ4v) is 3.60. The van der Waals surface area contributed by atoms with Crippen LogP contribution in [0.15, 0.2) is 66.7 Å². The number of hydrogen-bond acceptors (Lipinski definition) is 5. The number of methoxy groups -OCH3 is 2. The molecule has 0 atom stereocenters. The predicted molar refractivity (Wildman–Crippen MR) is 111 cm³/mol. The molecule has 0 amide bonds. The summed E-state index contributed by atoms with van der Waals surface area (Å²) in [5.41, 5.74) is 1.06. The molecule has 0 aromatic heterocycles. The molecule has 0 fully saturated rings. The molecule has 0 spiro atoms. The molecular weight excluding hydrogens is 368 g/mol. The van der Waals surface area contributed by atoms with Crippen molar-refractivity contribution < 1.29 is 24.2 Å². The van der Waals surface area contributed by atoms with E-state index in [0.29, 0.717) is 16.3 Å². The first-order valence-electron chi connectivity index (χ1n) is 8.99. The van der Waals surface area contributed by atoms with Gasteiger partial charge in [-0.1, -0.05) is 48.5 Å². The van der Waals surface area contributed by atoms with Crippen molar-refractivity contribution in [2.75, 3.05) is 14.2 Å². The summed E-state index contributed by atoms with van der Waals surface area (Å²) < 4.78 is 9.91. The number of benzene rings is 4. The van der Waals surface area contributed by atoms with E-state index in [0.717, 1.165) is 10.8 Å². The largest absolute Gasteiger partial charge is 0.507 e. The second-order valence-electron chi connectivity index (χ2n) is 6.60. The quantitative estimate of drug-likeness (QED) is 0.505. The van der Waals surface area contributed by atoms with Crippen molar-refractivity contribution >= 4 is 33.5 Å². The Hall–Kier alpha value is -3.86. The Morgan fingerprint density at radius 2 is 1.24 bits per heavy atom. The molecule has 5 heteroatoms. The standard InChI is InChI=1S/C24H18O5/c1-28-23(26)19-12-15-8-4-3-7-14(15)11-18(19)21-20(24(27)29-2)13-16-9-5-6-10-17(16)22(21)25/h3-13,25H,1-2H3. The molecule has 0 saturated carbocycles. The molecule has 4 aromatic carbocycles. The average molecular weight is 386 g/mol. The van der Waals surface area contributed by atoms with Crippen LogP contribution in [0.5, 0.6) is 5.75 Å². The number of hydrogen-bond donors (Lipinski definition) is 1. The van der Waals surface area contributed by atoms with Crippen LogP contribution in [0.4, 0.5) is 0 Å². The smallest absolute Gasteiger partial charge is 0.338 e. The van der Waals surface area contributed by atoms with Gasteiger partial charge in [0.05, 0.1) is 25.3 Å². The molecular formula is C24H18O5. The first kappa shape index (κ1) is 18.5. The number of phenols is 1. The highest BCUT2D eigenvalue weighted by molar-refractivity contribution is 6.12. The van der Waals surface area contributed by atoms with Gasteiger partial charge in [-0.25, -0.2) is 9.59 Å². The van der Waals surface area contributed by atoms with Gasteiger partial charge in [0.2, 0.25) is 0 Å². The van der Waals surface area contributed by atoms with Crippen LogP contribution in [0.25, 0.3) is 32.7 Å². The number of ether oxygens (including phenoxy) is 2. The average Bonchev–Trinajstić information content (AvgIpc) is 2.77. The highest BCUT2D eigenvalue weighted by atomic mass is 16.5. The third-order valence-corrected chi connectivity index (χ3v) is 4.99. The van der Waals surface area contributed by atoms with Crippen molar-refractivity contribution in [1.29, 1.82) is 0 Å². The highest BCUT2D eigenvalue weighted by Crippen LogP contribution is 2.42. The Labute approximate surface area is 167 Å². The maximum absolute atomic E-state index is 12.6. The van der Waals surface area contributed by atoms with E-state index in [1.807, 2.05) is 30.3 Å². The molecule has 0 heterocycles. The summed E-state index contributed by atoms with van der Waals surface area (Å²) in [5.74, 6) is -1.26. The third-order valence-electron chi connectivity index (χ3n) is 4.99. The van der Waals surface area contributed by atoms with Crippen LogP contribution in [-0.4, -0.2) is 31.3 Å². The lowest BCUT2D eigenvalue weighted by molar-refractivity contribution is 0.0590. The summed E-state index contributed by atoms with van der Waals surface area (Å²) in [6.45, 7) is 0. The molecule has 0 aliphatic carbocycles. The van der Waals surface area contributed by atoms with E-state index in [4.69, 9.17) is 9.47 Å². The summed E-state index contributed by atoms with van der Waals surface area (Å²) in [6, 6.07) is 19.8. The third kappa shape index (κ3) is 3.06. The van der Waals surface area contributed by atoms with Gasteiger partial charge in [0, 0.05) is 16.5 Å². The van der Waals surface area contributed by atoms with E-state index in [2.05, 4.69) is 0 Å². The number of carbonyl (C=O) groups is 2. The van der Waals surface area contributed by atoms with E-state index in [-0.39, 0.29) is 22.4 Å². The van der Waals surface area contributed by atoms with Gasteiger partial charge in [-0.3, -0.25) is 0 Å². The van der Waals surface area contributed by atoms with Crippen molar-refractivity contribution in [1.82, 2.24) is 0 Å². The number of aromatic hydroxyl groups is 1. The minimum atomic E-state index is -0.606. The minimum Gasteiger partial charge on any atom is -0.507 e. The van der Waals surface area contributed by atoms with Crippen LogP contribution in [0.1, 0.15) is 20.7 Å². The van der Waals surface area contributed by atoms with Crippen molar-refractivity contribution in [2.45, 2.75) is 0 Å². The molecule has 5 nitrogen and oxygen atoms in total. The Morgan fingerprint density at radius 1 is 0.724 bits per heavy atom. The summed E-state index contributed by atoms with van der Waals surface area (Å²) >= 11 is 0. The Kier molecular flexibility index (Phi) is 4.64. The van der Waals surface area contributed by atoms with Gasteiger partial charge in [0.15, 0.2) is 0 Å². The number of fused-ring (bicyclic) bond motifs is 2. The van der Waals surface area contributed by atoms with Crippen LogP contribution >= 0.6 is 0 Å². The van der Waals surface area contributed by atoms with Gasteiger partial charge in [-0.15, -0.1) is 0 Å². The van der Waals surface area contributed by atoms with Gasteiger partial charge in [-0.05, 0) is 34.4 Å². The fourth-order valence-electron chi connectivity index (χ4n) is 3.60. The zero-order valence-corrected chi connectivity index (χ0v) is 15.9. The molecule has 0 saturated heterocycles. The van der Waals surface area contributed by atoms with Gasteiger partial charge in [0.25, 0.3) is 0 Å². The maximum atomic E-state index is 12.6. The van der Waals surface area contributed by atoms with E-state index < -0.39 is 11.9 Å². The summed E-state index contributed by atoms with van der Waals surface area (Å²) in [4.78, 5) is 25.1. The van der Waals surface area contributed by atoms with Crippen molar-refractivity contribution in [3.63, 3.8) is 0 Å². The Morgan fingerprint density at radius 3 is 1.90 bits per heavy atom. The van der Waals surface area contributed by atoms with E-state index >= 15 is 0 Å². The zero-order valence-electron chi connectivity index (χ0n) is 15.9. The van der Waals surface area contributed by atoms with Gasteiger partial charge >= 0.3 is 11.9 Å². The van der Waals surface area contributed by atoms with Crippen molar-refractivity contribution in [3.05, 3.63) is 77.9 Å². The molecule has 0 aliphatic rings. The van der Waals surface area contributed by atoms with Crippen LogP contribution in [0.2, 0.25) is 0 Å². The van der Waals surface area contributed by atoms with Crippen molar-refractivity contribution in [3.8, 4) is 16.9 Å². The van der Waals surface area contributed by atoms with Crippen LogP contribution in [0, 0.1) is 0 Å². The number of rotatable bonds is 3. The monoisotopic (exact) mass is 386 g/mol. The lowest BCUT2D eigenvalue weighted by Crippen LogP contribution is -2.08. The lowest BCUT2D eigenvalue weighted by atomic mass is 9.89. The van der Waals surface area contributed by atoms with Gasteiger partial charge < -0.3 is 14.6 Å². The molecule has 4 aromatic rings. The molecule has 0 bridgehead atoms. The maximum Gasteiger partial charge on any atom is 0.338 e. The first-order chi connectivity index (χ1) is 14.0. The highest BCUT2D eigenvalue weighted by Gasteiger charge is 2.25. The topological polar surface area (TPSA) is 72.8 Å². The Bertz CT molecular complexity index is 1270. The molecule has 0 aliphatic heterocycles. The molecule has 1 N–H and O–H groups in total. The van der Waals surface area contributed by atoms with Gasteiger partial charge in [-0.2, -0.15) is 0 Å². The minimum absolute atomic E-state index is 0.0936. The number of phenolic OH excluding ortho intramolecular Hbond substituents is 1. The SMILES string of the molecule is COC(=O)c1cc2ccccc2cc1-c1c(C(=O)OC)cc2ccccc2c1O. The normalized spacial score (nSPS) is 10.8. The van der Waals surface area contributed by atoms with E-state index in [1.54, 1.807) is 36.4 Å². The van der Waals surface area contributed by atoms with Gasteiger partial charge in [0.1, 0.15) is 5.75 Å². The zero-order chi connectivity index (χ0) is 20.5. The Balaban J connectivity index is 2.16. The lowest BCUT2D eigenvalue weighted by Gasteiger charge is -2.17. The molecule has 4 rings (SSSR count). The fraction of sp³-hybridized carbons (Fsp3) is 0.0833. The summed E-state index contributed by atoms with van der Waals surface area (Å²) in [7, 11) is 2.57. The summed E-state index contributed by atoms with van der Waals surface area (Å²) in [5, 5.41) is 14.1. The summed E-state index contributed by atoms with van der Waals surface area (Å²) in [6.07, 6.45) is 0. The van der Waals surface area contributed by atoms with Crippen LogP contribution < -0.4 is 0 Å². The second-order valence-corrected chi connectivity index (χ2v) is 6.60. The van der Waals surface area contributed by atoms with Crippen LogP contribution in [-0.2, 0) is 9.47 Å².